The molecule has 0 fully saturated rings. The Morgan fingerprint density at radius 2 is 1.50 bits per heavy atom. The van der Waals surface area contributed by atoms with Gasteiger partial charge in [0.15, 0.2) is 0 Å². The summed E-state index contributed by atoms with van der Waals surface area (Å²) < 4.78 is 2.05. The maximum atomic E-state index is 7.19. The van der Waals surface area contributed by atoms with Crippen molar-refractivity contribution in [3.8, 4) is 0 Å². The fourth-order valence-corrected chi connectivity index (χ4v) is 4.58. The lowest BCUT2D eigenvalue weighted by Crippen LogP contribution is -2.47. The number of nitrogens with zero attached hydrogens (tertiary/aromatic N) is 3. The van der Waals surface area contributed by atoms with Gasteiger partial charge in [-0.3, -0.25) is 0 Å². The second-order valence-corrected chi connectivity index (χ2v) is 8.84. The van der Waals surface area contributed by atoms with E-state index in [1.165, 1.54) is 51.4 Å². The second kappa shape index (κ2) is 11.5. The molecule has 0 aliphatic carbocycles. The molecule has 0 bridgehead atoms. The highest BCUT2D eigenvalue weighted by Crippen LogP contribution is 2.32. The third-order valence-corrected chi connectivity index (χ3v) is 6.36. The van der Waals surface area contributed by atoms with Crippen LogP contribution in [0.5, 0.6) is 0 Å². The topological polar surface area (TPSA) is 56.7 Å². The summed E-state index contributed by atoms with van der Waals surface area (Å²) in [5.41, 5.74) is 9.02. The van der Waals surface area contributed by atoms with E-state index in [0.29, 0.717) is 11.8 Å². The number of fused-ring (bicyclic) bond motifs is 1. The Hall–Kier alpha value is -1.42. The quantitative estimate of drug-likeness (QED) is 0.412. The molecule has 0 saturated carbocycles. The van der Waals surface area contributed by atoms with Gasteiger partial charge in [-0.15, -0.1) is 5.10 Å². The van der Waals surface area contributed by atoms with E-state index in [1.807, 2.05) is 12.1 Å². The lowest BCUT2D eigenvalue weighted by Gasteiger charge is -2.36. The molecule has 4 heteroatoms. The standard InChI is InChI=1S/C24H42N4/c1-5-9-13-20(7-3)17-24(25,18-21(8-4)14-10-6-2)19-28-23-16-12-11-15-22(23)26-27-28/h11-12,15-16,20-21H,5-10,13-14,17-19,25H2,1-4H3. The minimum atomic E-state index is -0.223. The van der Waals surface area contributed by atoms with Crippen LogP contribution in [0, 0.1) is 11.8 Å². The number of nitrogens with two attached hydrogens (primary N) is 1. The largest absolute Gasteiger partial charge is 0.324 e. The Labute approximate surface area is 172 Å². The SMILES string of the molecule is CCCCC(CC)CC(N)(CC(CC)CCCC)Cn1nnc2ccccc21. The number of benzene rings is 1. The van der Waals surface area contributed by atoms with Gasteiger partial charge in [-0.2, -0.15) is 0 Å². The van der Waals surface area contributed by atoms with Gasteiger partial charge in [-0.1, -0.05) is 96.4 Å². The molecule has 2 N–H and O–H groups in total. The third-order valence-electron chi connectivity index (χ3n) is 6.36. The van der Waals surface area contributed by atoms with Crippen LogP contribution >= 0.6 is 0 Å². The minimum Gasteiger partial charge on any atom is -0.324 e. The van der Waals surface area contributed by atoms with Gasteiger partial charge in [-0.25, -0.2) is 4.68 Å². The smallest absolute Gasteiger partial charge is 0.113 e. The maximum Gasteiger partial charge on any atom is 0.113 e. The number of rotatable bonds is 14. The Morgan fingerprint density at radius 1 is 0.929 bits per heavy atom. The van der Waals surface area contributed by atoms with Gasteiger partial charge in [0.1, 0.15) is 5.52 Å². The minimum absolute atomic E-state index is 0.223. The van der Waals surface area contributed by atoms with E-state index in [1.54, 1.807) is 0 Å². The average molecular weight is 387 g/mol. The lowest BCUT2D eigenvalue weighted by molar-refractivity contribution is 0.202. The van der Waals surface area contributed by atoms with Crippen LogP contribution in [0.15, 0.2) is 24.3 Å². The molecule has 0 aliphatic rings. The highest BCUT2D eigenvalue weighted by atomic mass is 15.4. The molecule has 2 atom stereocenters. The van der Waals surface area contributed by atoms with E-state index in [-0.39, 0.29) is 5.54 Å². The van der Waals surface area contributed by atoms with Crippen LogP contribution in [0.25, 0.3) is 11.0 Å². The summed E-state index contributed by atoms with van der Waals surface area (Å²) in [4.78, 5) is 0. The van der Waals surface area contributed by atoms with E-state index < -0.39 is 0 Å². The molecule has 0 spiro atoms. The van der Waals surface area contributed by atoms with Crippen LogP contribution in [0.3, 0.4) is 0 Å². The summed E-state index contributed by atoms with van der Waals surface area (Å²) in [6, 6.07) is 8.22. The van der Waals surface area contributed by atoms with Gasteiger partial charge in [0.05, 0.1) is 12.1 Å². The van der Waals surface area contributed by atoms with Gasteiger partial charge in [0.25, 0.3) is 0 Å². The summed E-state index contributed by atoms with van der Waals surface area (Å²) >= 11 is 0. The summed E-state index contributed by atoms with van der Waals surface area (Å²) in [7, 11) is 0. The summed E-state index contributed by atoms with van der Waals surface area (Å²) in [6.45, 7) is 9.96. The highest BCUT2D eigenvalue weighted by molar-refractivity contribution is 5.73. The molecule has 0 radical (unpaired) electrons. The summed E-state index contributed by atoms with van der Waals surface area (Å²) in [6.07, 6.45) is 12.3. The Morgan fingerprint density at radius 3 is 2.04 bits per heavy atom. The second-order valence-electron chi connectivity index (χ2n) is 8.84. The highest BCUT2D eigenvalue weighted by Gasteiger charge is 2.32. The van der Waals surface area contributed by atoms with E-state index in [9.17, 15) is 0 Å². The zero-order valence-corrected chi connectivity index (χ0v) is 18.7. The van der Waals surface area contributed by atoms with Crippen molar-refractivity contribution in [2.75, 3.05) is 0 Å². The van der Waals surface area contributed by atoms with Crippen LogP contribution in [0.2, 0.25) is 0 Å². The number of unbranched alkanes of at least 4 members (excludes halogenated alkanes) is 2. The number of para-hydroxylation sites is 1. The van der Waals surface area contributed by atoms with Gasteiger partial charge < -0.3 is 5.73 Å². The maximum absolute atomic E-state index is 7.19. The molecule has 1 aromatic heterocycles. The Kier molecular flexibility index (Phi) is 9.43. The van der Waals surface area contributed by atoms with Crippen LogP contribution in [0.4, 0.5) is 0 Å². The van der Waals surface area contributed by atoms with E-state index in [0.717, 1.165) is 30.4 Å². The molecule has 2 aromatic rings. The monoisotopic (exact) mass is 386 g/mol. The molecule has 0 saturated heterocycles. The zero-order chi connectivity index (χ0) is 20.4. The first-order chi connectivity index (χ1) is 13.5. The van der Waals surface area contributed by atoms with Crippen LogP contribution in [0.1, 0.15) is 91.9 Å². The molecule has 2 unspecified atom stereocenters. The molecule has 158 valence electrons. The van der Waals surface area contributed by atoms with Gasteiger partial charge in [0.2, 0.25) is 0 Å². The van der Waals surface area contributed by atoms with E-state index in [4.69, 9.17) is 5.73 Å². The van der Waals surface area contributed by atoms with Crippen molar-refractivity contribution in [2.24, 2.45) is 17.6 Å². The lowest BCUT2D eigenvalue weighted by atomic mass is 9.77. The molecule has 1 aromatic carbocycles. The molecule has 4 nitrogen and oxygen atoms in total. The van der Waals surface area contributed by atoms with Crippen molar-refractivity contribution in [3.05, 3.63) is 24.3 Å². The van der Waals surface area contributed by atoms with Crippen molar-refractivity contribution in [2.45, 2.75) is 104 Å². The molecule has 0 amide bonds. The van der Waals surface area contributed by atoms with Crippen molar-refractivity contribution >= 4 is 11.0 Å². The molecule has 2 rings (SSSR count). The Bertz CT molecular complexity index is 660. The van der Waals surface area contributed by atoms with Gasteiger partial charge in [0, 0.05) is 5.54 Å². The van der Waals surface area contributed by atoms with Crippen LogP contribution in [-0.2, 0) is 6.54 Å². The predicted octanol–water partition coefficient (Wildman–Crippen LogP) is 6.34. The molecule has 28 heavy (non-hydrogen) atoms. The molecular weight excluding hydrogens is 344 g/mol. The zero-order valence-electron chi connectivity index (χ0n) is 18.7. The number of hydrogen-bond acceptors (Lipinski definition) is 3. The van der Waals surface area contributed by atoms with Crippen molar-refractivity contribution in [3.63, 3.8) is 0 Å². The first-order valence-electron chi connectivity index (χ1n) is 11.6. The molecular formula is C24H42N4. The summed E-state index contributed by atoms with van der Waals surface area (Å²) in [5.74, 6) is 1.40. The van der Waals surface area contributed by atoms with Crippen molar-refractivity contribution in [1.29, 1.82) is 0 Å². The van der Waals surface area contributed by atoms with E-state index >= 15 is 0 Å². The van der Waals surface area contributed by atoms with Gasteiger partial charge >= 0.3 is 0 Å². The van der Waals surface area contributed by atoms with Crippen molar-refractivity contribution < 1.29 is 0 Å². The first-order valence-corrected chi connectivity index (χ1v) is 11.6. The van der Waals surface area contributed by atoms with Crippen LogP contribution in [-0.4, -0.2) is 20.5 Å². The fourth-order valence-electron chi connectivity index (χ4n) is 4.58. The van der Waals surface area contributed by atoms with Crippen LogP contribution < -0.4 is 5.73 Å². The predicted molar refractivity (Wildman–Crippen MR) is 120 cm³/mol. The number of aromatic nitrogens is 3. The first kappa shape index (κ1) is 22.9. The summed E-state index contributed by atoms with van der Waals surface area (Å²) in [5, 5.41) is 8.82. The average Bonchev–Trinajstić information content (AvgIpc) is 3.11. The van der Waals surface area contributed by atoms with E-state index in [2.05, 4.69) is 54.8 Å². The Balaban J connectivity index is 2.22. The molecule has 1 heterocycles. The normalized spacial score (nSPS) is 16.2. The third kappa shape index (κ3) is 6.58. The molecule has 0 aliphatic heterocycles. The van der Waals surface area contributed by atoms with Crippen molar-refractivity contribution in [1.82, 2.24) is 15.0 Å². The van der Waals surface area contributed by atoms with Gasteiger partial charge in [-0.05, 0) is 36.8 Å². The fraction of sp³-hybridized carbons (Fsp3) is 0.750. The number of hydrogen-bond donors (Lipinski definition) is 1.